The molecule has 1 saturated carbocycles. The van der Waals surface area contributed by atoms with Crippen LogP contribution in [-0.2, 0) is 0 Å². The molecule has 1 fully saturated rings. The molecule has 0 spiro atoms. The molecule has 2 unspecified atom stereocenters. The van der Waals surface area contributed by atoms with Crippen molar-refractivity contribution >= 4 is 22.7 Å². The van der Waals surface area contributed by atoms with Gasteiger partial charge in [0.2, 0.25) is 5.95 Å². The standard InChI is InChI=1S/C28H39N5/c1-20(18-21(2)22-10-6-5-7-11-22)19-29-23-14-16-24(17-15-23)30-28-31-26-13-9-8-12-25(26)27(32-28)33(3)4/h5-13,20-21,23-24,29H,14-19H2,1-4H3,(H,30,31,32)/t20?,21?,23-,24+. The number of aromatic nitrogens is 2. The Morgan fingerprint density at radius 1 is 0.879 bits per heavy atom. The van der Waals surface area contributed by atoms with Gasteiger partial charge in [-0.3, -0.25) is 0 Å². The van der Waals surface area contributed by atoms with Gasteiger partial charge >= 0.3 is 0 Å². The van der Waals surface area contributed by atoms with Gasteiger partial charge in [0.25, 0.3) is 0 Å². The van der Waals surface area contributed by atoms with E-state index in [4.69, 9.17) is 9.97 Å². The summed E-state index contributed by atoms with van der Waals surface area (Å²) in [6.45, 7) is 5.82. The van der Waals surface area contributed by atoms with Gasteiger partial charge in [-0.05, 0) is 68.2 Å². The molecule has 0 amide bonds. The molecule has 4 rings (SSSR count). The Bertz CT molecular complexity index is 1010. The second kappa shape index (κ2) is 11.0. The van der Waals surface area contributed by atoms with E-state index in [1.807, 2.05) is 26.2 Å². The fraction of sp³-hybridized carbons (Fsp3) is 0.500. The molecule has 2 aromatic carbocycles. The van der Waals surface area contributed by atoms with Crippen LogP contribution in [0.15, 0.2) is 54.6 Å². The van der Waals surface area contributed by atoms with Crippen LogP contribution >= 0.6 is 0 Å². The first kappa shape index (κ1) is 23.5. The SMILES string of the molecule is CC(CN[C@H]1CC[C@@H](Nc2nc(N(C)C)c3ccccc3n2)CC1)CC(C)c1ccccc1. The normalized spacial score (nSPS) is 20.4. The monoisotopic (exact) mass is 445 g/mol. The van der Waals surface area contributed by atoms with Crippen LogP contribution in [0, 0.1) is 5.92 Å². The Kier molecular flexibility index (Phi) is 7.81. The van der Waals surface area contributed by atoms with Crippen molar-refractivity contribution in [1.82, 2.24) is 15.3 Å². The van der Waals surface area contributed by atoms with Gasteiger partial charge in [-0.2, -0.15) is 4.98 Å². The summed E-state index contributed by atoms with van der Waals surface area (Å²) in [5, 5.41) is 8.56. The summed E-state index contributed by atoms with van der Waals surface area (Å²) < 4.78 is 0. The van der Waals surface area contributed by atoms with E-state index in [9.17, 15) is 0 Å². The van der Waals surface area contributed by atoms with Crippen LogP contribution in [-0.4, -0.2) is 42.7 Å². The van der Waals surface area contributed by atoms with Crippen molar-refractivity contribution in [2.24, 2.45) is 5.92 Å². The molecular formula is C28H39N5. The largest absolute Gasteiger partial charge is 0.362 e. The van der Waals surface area contributed by atoms with Crippen LogP contribution in [0.1, 0.15) is 57.4 Å². The van der Waals surface area contributed by atoms with Crippen LogP contribution in [0.4, 0.5) is 11.8 Å². The zero-order chi connectivity index (χ0) is 23.2. The van der Waals surface area contributed by atoms with Crippen LogP contribution in [0.3, 0.4) is 0 Å². The van der Waals surface area contributed by atoms with E-state index in [0.29, 0.717) is 23.9 Å². The minimum atomic E-state index is 0.440. The lowest BCUT2D eigenvalue weighted by Gasteiger charge is -2.31. The number of benzene rings is 2. The third-order valence-corrected chi connectivity index (χ3v) is 6.95. The molecule has 1 aliphatic carbocycles. The molecule has 0 aliphatic heterocycles. The zero-order valence-electron chi connectivity index (χ0n) is 20.6. The Labute approximate surface area is 199 Å². The average Bonchev–Trinajstić information content (AvgIpc) is 2.83. The first-order valence-corrected chi connectivity index (χ1v) is 12.5. The maximum absolute atomic E-state index is 4.81. The van der Waals surface area contributed by atoms with Gasteiger partial charge in [-0.15, -0.1) is 0 Å². The average molecular weight is 446 g/mol. The third-order valence-electron chi connectivity index (χ3n) is 6.95. The quantitative estimate of drug-likeness (QED) is 0.433. The lowest BCUT2D eigenvalue weighted by Crippen LogP contribution is -2.39. The highest BCUT2D eigenvalue weighted by atomic mass is 15.2. The number of hydrogen-bond acceptors (Lipinski definition) is 5. The van der Waals surface area contributed by atoms with Gasteiger partial charge < -0.3 is 15.5 Å². The first-order chi connectivity index (χ1) is 16.0. The molecule has 1 aromatic heterocycles. The van der Waals surface area contributed by atoms with E-state index in [1.165, 1.54) is 24.8 Å². The van der Waals surface area contributed by atoms with Gasteiger partial charge in [-0.25, -0.2) is 4.98 Å². The Hall–Kier alpha value is -2.66. The minimum Gasteiger partial charge on any atom is -0.362 e. The molecule has 176 valence electrons. The Morgan fingerprint density at radius 2 is 1.55 bits per heavy atom. The molecule has 33 heavy (non-hydrogen) atoms. The van der Waals surface area contributed by atoms with E-state index in [0.717, 1.165) is 42.1 Å². The molecule has 1 aliphatic rings. The van der Waals surface area contributed by atoms with E-state index in [2.05, 4.69) is 71.8 Å². The summed E-state index contributed by atoms with van der Waals surface area (Å²) >= 11 is 0. The van der Waals surface area contributed by atoms with Gasteiger partial charge in [0.1, 0.15) is 5.82 Å². The number of nitrogens with zero attached hydrogens (tertiary/aromatic N) is 3. The second-order valence-electron chi connectivity index (χ2n) is 10.0. The van der Waals surface area contributed by atoms with Crippen molar-refractivity contribution in [3.8, 4) is 0 Å². The second-order valence-corrected chi connectivity index (χ2v) is 10.0. The van der Waals surface area contributed by atoms with Crippen molar-refractivity contribution in [3.63, 3.8) is 0 Å². The summed E-state index contributed by atoms with van der Waals surface area (Å²) in [7, 11) is 4.08. The molecule has 3 aromatic rings. The Morgan fingerprint density at radius 3 is 2.27 bits per heavy atom. The van der Waals surface area contributed by atoms with E-state index in [1.54, 1.807) is 0 Å². The highest BCUT2D eigenvalue weighted by Crippen LogP contribution is 2.27. The smallest absolute Gasteiger partial charge is 0.225 e. The van der Waals surface area contributed by atoms with Crippen LogP contribution in [0.2, 0.25) is 0 Å². The Balaban J connectivity index is 1.25. The van der Waals surface area contributed by atoms with Crippen molar-refractivity contribution in [2.75, 3.05) is 30.9 Å². The van der Waals surface area contributed by atoms with Crippen molar-refractivity contribution in [2.45, 2.75) is 64.0 Å². The summed E-state index contributed by atoms with van der Waals surface area (Å²) in [5.41, 5.74) is 2.44. The molecule has 5 nitrogen and oxygen atoms in total. The molecule has 0 radical (unpaired) electrons. The number of fused-ring (bicyclic) bond motifs is 1. The van der Waals surface area contributed by atoms with E-state index >= 15 is 0 Å². The fourth-order valence-electron chi connectivity index (χ4n) is 5.06. The number of hydrogen-bond donors (Lipinski definition) is 2. The van der Waals surface area contributed by atoms with E-state index < -0.39 is 0 Å². The highest BCUT2D eigenvalue weighted by molar-refractivity contribution is 5.90. The molecule has 0 saturated heterocycles. The molecule has 2 N–H and O–H groups in total. The fourth-order valence-corrected chi connectivity index (χ4v) is 5.06. The minimum absolute atomic E-state index is 0.440. The number of para-hydroxylation sites is 1. The number of anilines is 2. The lowest BCUT2D eigenvalue weighted by atomic mass is 9.89. The summed E-state index contributed by atoms with van der Waals surface area (Å²) in [6, 6.07) is 20.2. The maximum atomic E-state index is 4.81. The summed E-state index contributed by atoms with van der Waals surface area (Å²) in [5.74, 6) is 3.00. The van der Waals surface area contributed by atoms with Gasteiger partial charge in [0.05, 0.1) is 5.52 Å². The number of rotatable bonds is 9. The lowest BCUT2D eigenvalue weighted by molar-refractivity contribution is 0.328. The summed E-state index contributed by atoms with van der Waals surface area (Å²) in [4.78, 5) is 11.7. The predicted molar refractivity (Wildman–Crippen MR) is 140 cm³/mol. The van der Waals surface area contributed by atoms with Crippen molar-refractivity contribution < 1.29 is 0 Å². The van der Waals surface area contributed by atoms with Gasteiger partial charge in [0, 0.05) is 31.6 Å². The summed E-state index contributed by atoms with van der Waals surface area (Å²) in [6.07, 6.45) is 5.93. The van der Waals surface area contributed by atoms with Crippen molar-refractivity contribution in [1.29, 1.82) is 0 Å². The van der Waals surface area contributed by atoms with Crippen LogP contribution < -0.4 is 15.5 Å². The van der Waals surface area contributed by atoms with Gasteiger partial charge in [0.15, 0.2) is 0 Å². The van der Waals surface area contributed by atoms with Gasteiger partial charge in [-0.1, -0.05) is 56.3 Å². The zero-order valence-corrected chi connectivity index (χ0v) is 20.6. The topological polar surface area (TPSA) is 53.1 Å². The molecule has 0 bridgehead atoms. The molecule has 5 heteroatoms. The highest BCUT2D eigenvalue weighted by Gasteiger charge is 2.22. The van der Waals surface area contributed by atoms with Crippen LogP contribution in [0.25, 0.3) is 10.9 Å². The molecule has 1 heterocycles. The van der Waals surface area contributed by atoms with Crippen LogP contribution in [0.5, 0.6) is 0 Å². The number of nitrogens with one attached hydrogen (secondary N) is 2. The third kappa shape index (κ3) is 6.23. The first-order valence-electron chi connectivity index (χ1n) is 12.5. The molecular weight excluding hydrogens is 406 g/mol. The predicted octanol–water partition coefficient (Wildman–Crippen LogP) is 5.84. The molecule has 2 atom stereocenters. The maximum Gasteiger partial charge on any atom is 0.225 e. The van der Waals surface area contributed by atoms with E-state index in [-0.39, 0.29) is 0 Å². The van der Waals surface area contributed by atoms with Crippen molar-refractivity contribution in [3.05, 3.63) is 60.2 Å².